The van der Waals surface area contributed by atoms with Gasteiger partial charge in [0.1, 0.15) is 5.75 Å². The molecule has 0 N–H and O–H groups in total. The van der Waals surface area contributed by atoms with E-state index in [9.17, 15) is 13.2 Å². The number of halogens is 4. The van der Waals surface area contributed by atoms with Gasteiger partial charge in [0, 0.05) is 25.6 Å². The van der Waals surface area contributed by atoms with Gasteiger partial charge in [0.2, 0.25) is 0 Å². The van der Waals surface area contributed by atoms with Crippen LogP contribution in [0.5, 0.6) is 5.75 Å². The van der Waals surface area contributed by atoms with E-state index in [2.05, 4.69) is 29.2 Å². The summed E-state index contributed by atoms with van der Waals surface area (Å²) in [7, 11) is 0. The molecule has 0 aliphatic carbocycles. The molecule has 0 saturated carbocycles. The van der Waals surface area contributed by atoms with E-state index in [0.717, 1.165) is 22.9 Å². The van der Waals surface area contributed by atoms with E-state index >= 15 is 0 Å². The molecule has 0 amide bonds. The molecule has 192 valence electrons. The van der Waals surface area contributed by atoms with Crippen LogP contribution in [0.3, 0.4) is 0 Å². The van der Waals surface area contributed by atoms with E-state index in [1.54, 1.807) is 6.07 Å². The first-order chi connectivity index (χ1) is 17.9. The lowest BCUT2D eigenvalue weighted by atomic mass is 9.90. The lowest BCUT2D eigenvalue weighted by Crippen LogP contribution is -2.31. The highest BCUT2D eigenvalue weighted by atomic mass is 35.5. The lowest BCUT2D eigenvalue weighted by molar-refractivity contribution is -0.137. The highest BCUT2D eigenvalue weighted by Gasteiger charge is 2.34. The molecule has 4 aromatic rings. The summed E-state index contributed by atoms with van der Waals surface area (Å²) in [6, 6.07) is 34.0. The van der Waals surface area contributed by atoms with Crippen molar-refractivity contribution in [3.63, 3.8) is 0 Å². The van der Waals surface area contributed by atoms with Crippen LogP contribution in [-0.2, 0) is 12.7 Å². The number of hydrogen-bond acceptors (Lipinski definition) is 2. The number of nitrogens with zero attached hydrogens (tertiary/aromatic N) is 1. The van der Waals surface area contributed by atoms with Crippen LogP contribution < -0.4 is 4.74 Å². The number of alkyl halides is 3. The number of rotatable bonds is 11. The molecular formula is C31H29ClF3NO. The quantitative estimate of drug-likeness (QED) is 0.183. The van der Waals surface area contributed by atoms with Gasteiger partial charge in [-0.2, -0.15) is 13.2 Å². The van der Waals surface area contributed by atoms with Crippen molar-refractivity contribution in [1.82, 2.24) is 4.90 Å². The number of benzene rings is 4. The van der Waals surface area contributed by atoms with Gasteiger partial charge in [0.15, 0.2) is 0 Å². The fourth-order valence-electron chi connectivity index (χ4n) is 4.42. The third-order valence-electron chi connectivity index (χ3n) is 6.25. The summed E-state index contributed by atoms with van der Waals surface area (Å²) < 4.78 is 46.4. The predicted octanol–water partition coefficient (Wildman–Crippen LogP) is 8.46. The summed E-state index contributed by atoms with van der Waals surface area (Å²) in [6.07, 6.45) is -3.79. The van der Waals surface area contributed by atoms with Gasteiger partial charge in [0.05, 0.1) is 17.2 Å². The maximum Gasteiger partial charge on any atom is 0.417 e. The Morgan fingerprint density at radius 2 is 1.30 bits per heavy atom. The summed E-state index contributed by atoms with van der Waals surface area (Å²) in [5.41, 5.74) is 1.95. The first kappa shape index (κ1) is 26.8. The average Bonchev–Trinajstić information content (AvgIpc) is 2.91. The molecule has 0 heterocycles. The molecule has 0 radical (unpaired) electrons. The first-order valence-corrected chi connectivity index (χ1v) is 12.6. The molecule has 0 bridgehead atoms. The van der Waals surface area contributed by atoms with Crippen LogP contribution in [0, 0.1) is 0 Å². The van der Waals surface area contributed by atoms with E-state index < -0.39 is 11.7 Å². The molecule has 0 unspecified atom stereocenters. The highest BCUT2D eigenvalue weighted by molar-refractivity contribution is 6.32. The molecule has 0 spiro atoms. The maximum atomic E-state index is 13.5. The van der Waals surface area contributed by atoms with Gasteiger partial charge in [-0.25, -0.2) is 0 Å². The molecular weight excluding hydrogens is 495 g/mol. The van der Waals surface area contributed by atoms with Crippen LogP contribution in [-0.4, -0.2) is 24.6 Å². The maximum absolute atomic E-state index is 13.5. The van der Waals surface area contributed by atoms with Crippen LogP contribution in [0.2, 0.25) is 5.02 Å². The monoisotopic (exact) mass is 523 g/mol. The van der Waals surface area contributed by atoms with Crippen molar-refractivity contribution in [3.8, 4) is 5.75 Å². The Bertz CT molecular complexity index is 1190. The Morgan fingerprint density at radius 3 is 1.86 bits per heavy atom. The normalized spacial score (nSPS) is 11.7. The van der Waals surface area contributed by atoms with Crippen molar-refractivity contribution in [2.45, 2.75) is 25.1 Å². The van der Waals surface area contributed by atoms with Crippen molar-refractivity contribution in [2.75, 3.05) is 19.7 Å². The minimum absolute atomic E-state index is 0.0435. The molecule has 0 aliphatic heterocycles. The van der Waals surface area contributed by atoms with E-state index in [4.69, 9.17) is 16.3 Å². The van der Waals surface area contributed by atoms with Crippen molar-refractivity contribution < 1.29 is 17.9 Å². The van der Waals surface area contributed by atoms with Crippen LogP contribution in [0.15, 0.2) is 109 Å². The minimum Gasteiger partial charge on any atom is -0.494 e. The predicted molar refractivity (Wildman–Crippen MR) is 143 cm³/mol. The summed E-state index contributed by atoms with van der Waals surface area (Å²) in [6.45, 7) is 2.05. The smallest absolute Gasteiger partial charge is 0.417 e. The molecule has 4 aromatic carbocycles. The molecule has 0 aromatic heterocycles. The Kier molecular flexibility index (Phi) is 9.26. The van der Waals surface area contributed by atoms with Crippen molar-refractivity contribution in [3.05, 3.63) is 136 Å². The van der Waals surface area contributed by atoms with Crippen LogP contribution in [0.1, 0.15) is 34.6 Å². The molecule has 37 heavy (non-hydrogen) atoms. The molecule has 0 atom stereocenters. The van der Waals surface area contributed by atoms with Crippen LogP contribution >= 0.6 is 11.6 Å². The minimum atomic E-state index is -4.50. The van der Waals surface area contributed by atoms with Crippen molar-refractivity contribution in [2.24, 2.45) is 0 Å². The Balaban J connectivity index is 1.57. The van der Waals surface area contributed by atoms with E-state index in [-0.39, 0.29) is 10.9 Å². The molecule has 2 nitrogen and oxygen atoms in total. The SMILES string of the molecule is FC(F)(F)c1cccc(CN(CCCOc2ccccc2)CC(c2ccccc2)c2ccccc2)c1Cl. The van der Waals surface area contributed by atoms with Gasteiger partial charge in [-0.1, -0.05) is 103 Å². The summed E-state index contributed by atoms with van der Waals surface area (Å²) in [4.78, 5) is 2.17. The molecule has 0 saturated heterocycles. The number of hydrogen-bond donors (Lipinski definition) is 0. The highest BCUT2D eigenvalue weighted by Crippen LogP contribution is 2.37. The zero-order chi connectivity index (χ0) is 26.1. The van der Waals surface area contributed by atoms with Gasteiger partial charge >= 0.3 is 6.18 Å². The zero-order valence-electron chi connectivity index (χ0n) is 20.4. The fourth-order valence-corrected chi connectivity index (χ4v) is 4.72. The number of para-hydroxylation sites is 1. The summed E-state index contributed by atoms with van der Waals surface area (Å²) in [5.74, 6) is 0.837. The van der Waals surface area contributed by atoms with E-state index in [1.807, 2.05) is 66.7 Å². The van der Waals surface area contributed by atoms with Gasteiger partial charge < -0.3 is 4.74 Å². The second kappa shape index (κ2) is 12.8. The van der Waals surface area contributed by atoms with Gasteiger partial charge in [-0.05, 0) is 41.3 Å². The van der Waals surface area contributed by atoms with Crippen molar-refractivity contribution >= 4 is 11.6 Å². The standard InChI is InChI=1S/C31H29ClF3NO/c32-30-26(16-10-19-29(30)31(33,34)35)22-36(20-11-21-37-27-17-8-3-9-18-27)23-28(24-12-4-1-5-13-24)25-14-6-2-7-15-25/h1-10,12-19,28H,11,20-23H2. The zero-order valence-corrected chi connectivity index (χ0v) is 21.1. The third-order valence-corrected chi connectivity index (χ3v) is 6.70. The van der Waals surface area contributed by atoms with E-state index in [0.29, 0.717) is 38.2 Å². The fraction of sp³-hybridized carbons (Fsp3) is 0.226. The second-order valence-corrected chi connectivity index (χ2v) is 9.28. The van der Waals surface area contributed by atoms with Gasteiger partial charge in [-0.3, -0.25) is 4.90 Å². The number of ether oxygens (including phenoxy) is 1. The lowest BCUT2D eigenvalue weighted by Gasteiger charge is -2.29. The van der Waals surface area contributed by atoms with Crippen LogP contribution in [0.4, 0.5) is 13.2 Å². The Morgan fingerprint density at radius 1 is 0.730 bits per heavy atom. The second-order valence-electron chi connectivity index (χ2n) is 8.90. The largest absolute Gasteiger partial charge is 0.494 e. The van der Waals surface area contributed by atoms with Gasteiger partial charge in [-0.15, -0.1) is 0 Å². The topological polar surface area (TPSA) is 12.5 Å². The molecule has 0 fully saturated rings. The van der Waals surface area contributed by atoms with Gasteiger partial charge in [0.25, 0.3) is 0 Å². The Hall–Kier alpha value is -3.28. The summed E-state index contributed by atoms with van der Waals surface area (Å²) >= 11 is 6.28. The summed E-state index contributed by atoms with van der Waals surface area (Å²) in [5, 5.41) is -0.239. The Labute approximate surface area is 221 Å². The first-order valence-electron chi connectivity index (χ1n) is 12.3. The van der Waals surface area contributed by atoms with E-state index in [1.165, 1.54) is 6.07 Å². The molecule has 0 aliphatic rings. The van der Waals surface area contributed by atoms with Crippen molar-refractivity contribution in [1.29, 1.82) is 0 Å². The van der Waals surface area contributed by atoms with Crippen LogP contribution in [0.25, 0.3) is 0 Å². The molecule has 4 rings (SSSR count). The average molecular weight is 524 g/mol. The molecule has 6 heteroatoms. The third kappa shape index (κ3) is 7.61.